The van der Waals surface area contributed by atoms with Gasteiger partial charge < -0.3 is 10.2 Å². The van der Waals surface area contributed by atoms with Crippen LogP contribution in [0.15, 0.2) is 18.2 Å². The number of hydrogen-bond acceptors (Lipinski definition) is 2. The van der Waals surface area contributed by atoms with Gasteiger partial charge in [0.25, 0.3) is 0 Å². The fourth-order valence-corrected chi connectivity index (χ4v) is 2.96. The van der Waals surface area contributed by atoms with Crippen molar-refractivity contribution in [3.8, 4) is 0 Å². The van der Waals surface area contributed by atoms with Gasteiger partial charge in [-0.2, -0.15) is 0 Å². The molecule has 3 rings (SSSR count). The van der Waals surface area contributed by atoms with Crippen LogP contribution in [0.3, 0.4) is 0 Å². The maximum Gasteiger partial charge on any atom is 0.245 e. The number of aryl methyl sites for hydroxylation is 1. The van der Waals surface area contributed by atoms with Crippen LogP contribution in [-0.4, -0.2) is 28.8 Å². The molecule has 1 aromatic rings. The lowest BCUT2D eigenvalue weighted by molar-refractivity contribution is -0.150. The number of halogens is 1. The number of carbonyl (C=O) groups excluding carboxylic acids is 2. The van der Waals surface area contributed by atoms with Gasteiger partial charge in [0, 0.05) is 6.54 Å². The van der Waals surface area contributed by atoms with E-state index in [2.05, 4.69) is 5.32 Å². The Hall–Kier alpha value is -1.91. The molecule has 1 aromatic carbocycles. The molecule has 2 amide bonds. The third-order valence-corrected chi connectivity index (χ3v) is 4.33. The smallest absolute Gasteiger partial charge is 0.245 e. The molecule has 112 valence electrons. The fraction of sp³-hybridized carbons (Fsp3) is 0.500. The molecule has 1 heterocycles. The first-order valence-corrected chi connectivity index (χ1v) is 7.33. The van der Waals surface area contributed by atoms with Crippen LogP contribution in [0.2, 0.25) is 0 Å². The lowest BCUT2D eigenvalue weighted by atomic mass is 10.0. The third-order valence-electron chi connectivity index (χ3n) is 4.33. The Balaban J connectivity index is 1.88. The fourth-order valence-electron chi connectivity index (χ4n) is 2.96. The van der Waals surface area contributed by atoms with Gasteiger partial charge in [0.2, 0.25) is 11.8 Å². The first kappa shape index (κ1) is 14.0. The zero-order chi connectivity index (χ0) is 15.1. The van der Waals surface area contributed by atoms with E-state index in [4.69, 9.17) is 0 Å². The Morgan fingerprint density at radius 3 is 2.67 bits per heavy atom. The highest BCUT2D eigenvalue weighted by molar-refractivity contribution is 5.97. The van der Waals surface area contributed by atoms with Crippen molar-refractivity contribution < 1.29 is 14.0 Å². The highest BCUT2D eigenvalue weighted by atomic mass is 19.1. The summed E-state index contributed by atoms with van der Waals surface area (Å²) in [5.41, 5.74) is 1.69. The standard InChI is InChI=1S/C16H19FN2O2/c1-9-7-13(17)6-5-12(9)8-19-14(11-3-4-11)15(20)18-10(2)16(19)21/h5-7,10-11,14H,3-4,8H2,1-2H3,(H,18,20). The highest BCUT2D eigenvalue weighted by Gasteiger charge is 2.46. The number of nitrogens with zero attached hydrogens (tertiary/aromatic N) is 1. The van der Waals surface area contributed by atoms with Crippen molar-refractivity contribution in [2.45, 2.75) is 45.3 Å². The van der Waals surface area contributed by atoms with E-state index < -0.39 is 6.04 Å². The second-order valence-electron chi connectivity index (χ2n) is 6.05. The van der Waals surface area contributed by atoms with Crippen molar-refractivity contribution in [3.05, 3.63) is 35.1 Å². The van der Waals surface area contributed by atoms with E-state index in [1.807, 2.05) is 6.92 Å². The van der Waals surface area contributed by atoms with Crippen LogP contribution < -0.4 is 5.32 Å². The molecule has 2 atom stereocenters. The zero-order valence-corrected chi connectivity index (χ0v) is 12.2. The first-order chi connectivity index (χ1) is 9.97. The molecular weight excluding hydrogens is 271 g/mol. The Labute approximate surface area is 123 Å². The zero-order valence-electron chi connectivity index (χ0n) is 12.2. The van der Waals surface area contributed by atoms with Gasteiger partial charge in [0.15, 0.2) is 0 Å². The van der Waals surface area contributed by atoms with Crippen molar-refractivity contribution in [1.29, 1.82) is 0 Å². The second-order valence-corrected chi connectivity index (χ2v) is 6.05. The predicted molar refractivity (Wildman–Crippen MR) is 75.8 cm³/mol. The van der Waals surface area contributed by atoms with Crippen molar-refractivity contribution in [2.75, 3.05) is 0 Å². The van der Waals surface area contributed by atoms with Crippen LogP contribution >= 0.6 is 0 Å². The normalized spacial score (nSPS) is 26.0. The van der Waals surface area contributed by atoms with Gasteiger partial charge in [-0.1, -0.05) is 6.07 Å². The summed E-state index contributed by atoms with van der Waals surface area (Å²) in [6.45, 7) is 3.89. The molecule has 1 aliphatic carbocycles. The number of rotatable bonds is 3. The number of carbonyl (C=O) groups is 2. The average molecular weight is 290 g/mol. The van der Waals surface area contributed by atoms with Crippen molar-refractivity contribution in [1.82, 2.24) is 10.2 Å². The van der Waals surface area contributed by atoms with E-state index in [-0.39, 0.29) is 29.6 Å². The maximum absolute atomic E-state index is 13.2. The molecule has 5 heteroatoms. The van der Waals surface area contributed by atoms with Crippen molar-refractivity contribution >= 4 is 11.8 Å². The van der Waals surface area contributed by atoms with Gasteiger partial charge in [-0.05, 0) is 55.9 Å². The van der Waals surface area contributed by atoms with Crippen molar-refractivity contribution in [2.24, 2.45) is 5.92 Å². The lowest BCUT2D eigenvalue weighted by Crippen LogP contribution is -2.62. The minimum absolute atomic E-state index is 0.0600. The molecule has 21 heavy (non-hydrogen) atoms. The van der Waals surface area contributed by atoms with Crippen LogP contribution in [0.25, 0.3) is 0 Å². The van der Waals surface area contributed by atoms with Gasteiger partial charge in [-0.25, -0.2) is 4.39 Å². The summed E-state index contributed by atoms with van der Waals surface area (Å²) >= 11 is 0. The summed E-state index contributed by atoms with van der Waals surface area (Å²) < 4.78 is 13.2. The Bertz CT molecular complexity index is 598. The lowest BCUT2D eigenvalue weighted by Gasteiger charge is -2.38. The first-order valence-electron chi connectivity index (χ1n) is 7.33. The second kappa shape index (κ2) is 5.13. The van der Waals surface area contributed by atoms with E-state index in [0.717, 1.165) is 24.0 Å². The minimum Gasteiger partial charge on any atom is -0.343 e. The topological polar surface area (TPSA) is 49.4 Å². The van der Waals surface area contributed by atoms with Crippen LogP contribution in [0, 0.1) is 18.7 Å². The van der Waals surface area contributed by atoms with Gasteiger partial charge in [0.05, 0.1) is 0 Å². The monoisotopic (exact) mass is 290 g/mol. The van der Waals surface area contributed by atoms with Crippen molar-refractivity contribution in [3.63, 3.8) is 0 Å². The number of hydrogen-bond donors (Lipinski definition) is 1. The summed E-state index contributed by atoms with van der Waals surface area (Å²) in [6.07, 6.45) is 1.97. The summed E-state index contributed by atoms with van der Waals surface area (Å²) in [7, 11) is 0. The molecule has 2 unspecified atom stereocenters. The van der Waals surface area contributed by atoms with Gasteiger partial charge >= 0.3 is 0 Å². The molecule has 1 aliphatic heterocycles. The molecule has 2 fully saturated rings. The Morgan fingerprint density at radius 1 is 1.33 bits per heavy atom. The molecule has 1 N–H and O–H groups in total. The molecule has 0 spiro atoms. The Morgan fingerprint density at radius 2 is 2.05 bits per heavy atom. The molecule has 4 nitrogen and oxygen atoms in total. The number of amides is 2. The molecule has 2 aliphatic rings. The minimum atomic E-state index is -0.492. The van der Waals surface area contributed by atoms with E-state index in [0.29, 0.717) is 6.54 Å². The van der Waals surface area contributed by atoms with E-state index >= 15 is 0 Å². The van der Waals surface area contributed by atoms with E-state index in [1.54, 1.807) is 17.9 Å². The number of piperazine rings is 1. The summed E-state index contributed by atoms with van der Waals surface area (Å²) in [4.78, 5) is 26.3. The van der Waals surface area contributed by atoms with Crippen LogP contribution in [0.5, 0.6) is 0 Å². The summed E-state index contributed by atoms with van der Waals surface area (Å²) in [6, 6.07) is 3.68. The van der Waals surface area contributed by atoms with Gasteiger partial charge in [-0.3, -0.25) is 9.59 Å². The van der Waals surface area contributed by atoms with Crippen LogP contribution in [-0.2, 0) is 16.1 Å². The average Bonchev–Trinajstić information content (AvgIpc) is 3.23. The molecule has 0 aromatic heterocycles. The highest BCUT2D eigenvalue weighted by Crippen LogP contribution is 2.37. The maximum atomic E-state index is 13.2. The van der Waals surface area contributed by atoms with Gasteiger partial charge in [0.1, 0.15) is 17.9 Å². The molecule has 0 bridgehead atoms. The van der Waals surface area contributed by atoms with Crippen LogP contribution in [0.4, 0.5) is 4.39 Å². The number of benzene rings is 1. The quantitative estimate of drug-likeness (QED) is 0.922. The molecule has 1 saturated carbocycles. The third kappa shape index (κ3) is 2.64. The van der Waals surface area contributed by atoms with E-state index in [1.165, 1.54) is 12.1 Å². The SMILES string of the molecule is Cc1cc(F)ccc1CN1C(=O)C(C)NC(=O)C1C1CC1. The largest absolute Gasteiger partial charge is 0.343 e. The predicted octanol–water partition coefficient (Wildman–Crippen LogP) is 1.76. The van der Waals surface area contributed by atoms with Gasteiger partial charge in [-0.15, -0.1) is 0 Å². The summed E-state index contributed by atoms with van der Waals surface area (Å²) in [5, 5.41) is 2.75. The summed E-state index contributed by atoms with van der Waals surface area (Å²) in [5.74, 6) is -0.145. The van der Waals surface area contributed by atoms with E-state index in [9.17, 15) is 14.0 Å². The molecular formula is C16H19FN2O2. The molecule has 1 saturated heterocycles. The van der Waals surface area contributed by atoms with Crippen LogP contribution in [0.1, 0.15) is 30.9 Å². The Kier molecular flexibility index (Phi) is 3.43. The number of nitrogens with one attached hydrogen (secondary N) is 1. The molecule has 0 radical (unpaired) electrons.